The van der Waals surface area contributed by atoms with Gasteiger partial charge in [-0.25, -0.2) is 0 Å². The second-order valence-electron chi connectivity index (χ2n) is 12.2. The lowest BCUT2D eigenvalue weighted by Gasteiger charge is -2.33. The lowest BCUT2D eigenvalue weighted by molar-refractivity contribution is -0.180. The molecule has 3 aromatic rings. The zero-order chi connectivity index (χ0) is 30.8. The lowest BCUT2D eigenvalue weighted by atomic mass is 9.95. The van der Waals surface area contributed by atoms with E-state index in [2.05, 4.69) is 22.8 Å². The molecule has 0 radical (unpaired) electrons. The Balaban J connectivity index is 0.953. The van der Waals surface area contributed by atoms with Crippen molar-refractivity contribution in [1.82, 2.24) is 10.6 Å². The smallest absolute Gasteiger partial charge is 0.251 e. The molecule has 1 fully saturated rings. The topological polar surface area (TPSA) is 98.3 Å². The molecule has 2 aliphatic rings. The van der Waals surface area contributed by atoms with E-state index in [0.717, 1.165) is 54.0 Å². The van der Waals surface area contributed by atoms with Gasteiger partial charge in [-0.3, -0.25) is 4.79 Å². The highest BCUT2D eigenvalue weighted by atomic mass is 16.7. The Morgan fingerprint density at radius 2 is 1.82 bits per heavy atom. The summed E-state index contributed by atoms with van der Waals surface area (Å²) < 4.78 is 23.2. The van der Waals surface area contributed by atoms with Crippen molar-refractivity contribution in [1.29, 1.82) is 0 Å². The van der Waals surface area contributed by atoms with E-state index in [1.165, 1.54) is 24.8 Å². The molecule has 8 nitrogen and oxygen atoms in total. The van der Waals surface area contributed by atoms with Crippen LogP contribution in [0.2, 0.25) is 0 Å². The highest BCUT2D eigenvalue weighted by Crippen LogP contribution is 2.32. The van der Waals surface area contributed by atoms with Crippen LogP contribution in [-0.4, -0.2) is 49.1 Å². The highest BCUT2D eigenvalue weighted by Gasteiger charge is 2.27. The molecule has 3 N–H and O–H groups in total. The summed E-state index contributed by atoms with van der Waals surface area (Å²) in [5.41, 5.74) is 4.65. The first-order valence-electron chi connectivity index (χ1n) is 15.9. The van der Waals surface area contributed by atoms with Gasteiger partial charge in [-0.05, 0) is 78.9 Å². The van der Waals surface area contributed by atoms with Crippen molar-refractivity contribution in [3.05, 3.63) is 94.5 Å². The van der Waals surface area contributed by atoms with Crippen LogP contribution in [0.4, 0.5) is 0 Å². The van der Waals surface area contributed by atoms with Crippen LogP contribution < -0.4 is 20.1 Å². The molecule has 1 saturated carbocycles. The number of rotatable bonds is 14. The third-order valence-electron chi connectivity index (χ3n) is 8.15. The van der Waals surface area contributed by atoms with Gasteiger partial charge in [0.1, 0.15) is 18.1 Å². The van der Waals surface area contributed by atoms with Crippen LogP contribution in [0.5, 0.6) is 11.5 Å². The molecule has 5 rings (SSSR count). The molecule has 236 valence electrons. The molecule has 1 aliphatic carbocycles. The Morgan fingerprint density at radius 1 is 1.00 bits per heavy atom. The largest absolute Gasteiger partial charge is 0.491 e. The monoisotopic (exact) mass is 602 g/mol. The molecule has 1 atom stereocenters. The zero-order valence-electron chi connectivity index (χ0n) is 26.0. The van der Waals surface area contributed by atoms with Crippen LogP contribution in [0, 0.1) is 0 Å². The number of ether oxygens (including phenoxy) is 4. The lowest BCUT2D eigenvalue weighted by Crippen LogP contribution is -2.36. The van der Waals surface area contributed by atoms with E-state index in [-0.39, 0.29) is 5.91 Å². The van der Waals surface area contributed by atoms with Crippen molar-refractivity contribution in [3.8, 4) is 11.5 Å². The number of benzene rings is 3. The normalized spacial score (nSPS) is 16.9. The van der Waals surface area contributed by atoms with E-state index < -0.39 is 11.9 Å². The molecule has 1 aliphatic heterocycles. The zero-order valence-corrected chi connectivity index (χ0v) is 26.0. The van der Waals surface area contributed by atoms with Gasteiger partial charge in [-0.1, -0.05) is 49.6 Å². The van der Waals surface area contributed by atoms with Gasteiger partial charge < -0.3 is 34.7 Å². The summed E-state index contributed by atoms with van der Waals surface area (Å²) in [4.78, 5) is 12.6. The average Bonchev–Trinajstić information content (AvgIpc) is 3.03. The molecule has 3 aromatic carbocycles. The summed E-state index contributed by atoms with van der Waals surface area (Å²) in [5.74, 6) is 0.977. The molecular weight excluding hydrogens is 556 g/mol. The van der Waals surface area contributed by atoms with Crippen molar-refractivity contribution in [2.75, 3.05) is 26.3 Å². The van der Waals surface area contributed by atoms with Gasteiger partial charge in [0.25, 0.3) is 5.91 Å². The van der Waals surface area contributed by atoms with Gasteiger partial charge in [0.2, 0.25) is 5.79 Å². The highest BCUT2D eigenvalue weighted by molar-refractivity contribution is 5.94. The van der Waals surface area contributed by atoms with Gasteiger partial charge in [0.05, 0.1) is 25.9 Å². The SMILES string of the molecule is CC1(C)OCc2cc([C@@H](O)CNCCc3ccc(OCCOCc4cccc(C(=O)NC5CCCCC5)c4)cc3)ccc2O1. The van der Waals surface area contributed by atoms with Gasteiger partial charge >= 0.3 is 0 Å². The van der Waals surface area contributed by atoms with Crippen LogP contribution >= 0.6 is 0 Å². The number of nitrogens with one attached hydrogen (secondary N) is 2. The molecular formula is C36H46N2O6. The van der Waals surface area contributed by atoms with E-state index in [9.17, 15) is 9.90 Å². The Kier molecular flexibility index (Phi) is 11.3. The van der Waals surface area contributed by atoms with E-state index in [1.54, 1.807) is 0 Å². The summed E-state index contributed by atoms with van der Waals surface area (Å²) in [6.45, 7) is 6.80. The molecule has 1 amide bonds. The summed E-state index contributed by atoms with van der Waals surface area (Å²) in [7, 11) is 0. The van der Waals surface area contributed by atoms with Crippen LogP contribution in [0.15, 0.2) is 66.7 Å². The third kappa shape index (κ3) is 9.53. The summed E-state index contributed by atoms with van der Waals surface area (Å²) in [6.07, 6.45) is 6.03. The van der Waals surface area contributed by atoms with E-state index >= 15 is 0 Å². The van der Waals surface area contributed by atoms with Crippen molar-refractivity contribution in [2.45, 2.75) is 83.5 Å². The van der Waals surface area contributed by atoms with Gasteiger partial charge in [-0.2, -0.15) is 0 Å². The Labute approximate surface area is 261 Å². The fourth-order valence-corrected chi connectivity index (χ4v) is 5.63. The van der Waals surface area contributed by atoms with E-state index in [0.29, 0.717) is 44.6 Å². The summed E-state index contributed by atoms with van der Waals surface area (Å²) >= 11 is 0. The third-order valence-corrected chi connectivity index (χ3v) is 8.15. The molecule has 1 heterocycles. The van der Waals surface area contributed by atoms with Crippen LogP contribution in [-0.2, 0) is 29.1 Å². The summed E-state index contributed by atoms with van der Waals surface area (Å²) in [6, 6.07) is 21.8. The number of fused-ring (bicyclic) bond motifs is 1. The number of carbonyl (C=O) groups is 1. The van der Waals surface area contributed by atoms with E-state index in [4.69, 9.17) is 18.9 Å². The molecule has 0 saturated heterocycles. The predicted molar refractivity (Wildman–Crippen MR) is 170 cm³/mol. The number of aliphatic hydroxyl groups excluding tert-OH is 1. The molecule has 0 spiro atoms. The first-order valence-corrected chi connectivity index (χ1v) is 15.9. The number of hydrogen-bond acceptors (Lipinski definition) is 7. The van der Waals surface area contributed by atoms with Crippen LogP contribution in [0.25, 0.3) is 0 Å². The molecule has 44 heavy (non-hydrogen) atoms. The fourth-order valence-electron chi connectivity index (χ4n) is 5.63. The number of amides is 1. The molecule has 0 unspecified atom stereocenters. The number of carbonyl (C=O) groups excluding carboxylic acids is 1. The molecule has 0 aromatic heterocycles. The van der Waals surface area contributed by atoms with Crippen molar-refractivity contribution in [3.63, 3.8) is 0 Å². The number of aliphatic hydroxyl groups is 1. The van der Waals surface area contributed by atoms with Crippen LogP contribution in [0.1, 0.15) is 84.7 Å². The first-order chi connectivity index (χ1) is 21.3. The minimum atomic E-state index is -0.628. The quantitative estimate of drug-likeness (QED) is 0.199. The van der Waals surface area contributed by atoms with Crippen LogP contribution in [0.3, 0.4) is 0 Å². The standard InChI is InChI=1S/C36H46N2O6/c1-36(2)43-25-30-22-28(13-16-34(30)44-36)33(39)23-37-18-17-26-11-14-32(15-12-26)42-20-19-41-24-27-7-6-8-29(21-27)35(40)38-31-9-4-3-5-10-31/h6-8,11-16,21-22,31,33,37,39H,3-5,9-10,17-20,23-25H2,1-2H3,(H,38,40)/t33-/m0/s1. The maximum atomic E-state index is 12.6. The minimum Gasteiger partial charge on any atom is -0.491 e. The van der Waals surface area contributed by atoms with E-state index in [1.807, 2.05) is 68.4 Å². The Hall–Kier alpha value is -3.43. The Morgan fingerprint density at radius 3 is 2.64 bits per heavy atom. The van der Waals surface area contributed by atoms with Gasteiger partial charge in [0, 0.05) is 37.6 Å². The van der Waals surface area contributed by atoms with Crippen molar-refractivity contribution >= 4 is 5.91 Å². The van der Waals surface area contributed by atoms with Crippen molar-refractivity contribution < 1.29 is 28.8 Å². The molecule has 8 heteroatoms. The second-order valence-corrected chi connectivity index (χ2v) is 12.2. The fraction of sp³-hybridized carbons (Fsp3) is 0.472. The Bertz CT molecular complexity index is 1350. The van der Waals surface area contributed by atoms with Gasteiger partial charge in [0.15, 0.2) is 0 Å². The maximum Gasteiger partial charge on any atom is 0.251 e. The molecule has 0 bridgehead atoms. The van der Waals surface area contributed by atoms with Gasteiger partial charge in [-0.15, -0.1) is 0 Å². The minimum absolute atomic E-state index is 0.000151. The first kappa shape index (κ1) is 32.0. The van der Waals surface area contributed by atoms with Crippen molar-refractivity contribution in [2.24, 2.45) is 0 Å². The average molecular weight is 603 g/mol. The second kappa shape index (κ2) is 15.5. The predicted octanol–water partition coefficient (Wildman–Crippen LogP) is 5.86. The maximum absolute atomic E-state index is 12.6. The number of hydrogen-bond donors (Lipinski definition) is 3. The summed E-state index contributed by atoms with van der Waals surface area (Å²) in [5, 5.41) is 17.2.